The van der Waals surface area contributed by atoms with Gasteiger partial charge in [0.05, 0.1) is 0 Å². The van der Waals surface area contributed by atoms with Gasteiger partial charge in [-0.1, -0.05) is 0 Å². The van der Waals surface area contributed by atoms with Gasteiger partial charge in [-0.05, 0) is 0 Å². The second-order valence-corrected chi connectivity index (χ2v) is 2.32. The fraction of sp³-hybridized carbons (Fsp3) is 0. The average molecular weight is 239 g/mol. The summed E-state index contributed by atoms with van der Waals surface area (Å²) in [6.45, 7) is 0. The fourth-order valence-corrected chi connectivity index (χ4v) is 0. The monoisotopic (exact) mass is 238 g/mol. The second-order valence-electron chi connectivity index (χ2n) is 0.447. The van der Waals surface area contributed by atoms with E-state index in [1.807, 2.05) is 0 Å². The zero-order chi connectivity index (χ0) is 4.50. The van der Waals surface area contributed by atoms with E-state index in [0.29, 0.717) is 0 Å². The Morgan fingerprint density at radius 2 is 0.727 bits per heavy atom. The molecule has 0 rings (SSSR count). The van der Waals surface area contributed by atoms with Crippen molar-refractivity contribution in [2.45, 2.75) is 0 Å². The van der Waals surface area contributed by atoms with Gasteiger partial charge in [0.1, 0.15) is 0 Å². The maximum absolute atomic E-state index is 8.61. The molecule has 0 bridgehead atoms. The molecule has 0 spiro atoms. The molecule has 0 aliphatic rings. The Morgan fingerprint density at radius 3 is 0.727 bits per heavy atom. The van der Waals surface area contributed by atoms with Crippen molar-refractivity contribution >= 4 is 83.7 Å². The zero-order valence-electron chi connectivity index (χ0n) is 5.08. The van der Waals surface area contributed by atoms with Gasteiger partial charge < -0.3 is 0 Å². The zero-order valence-corrected chi connectivity index (χ0v) is 6.96. The van der Waals surface area contributed by atoms with Gasteiger partial charge in [0.15, 0.2) is 0 Å². The van der Waals surface area contributed by atoms with E-state index in [0.717, 1.165) is 0 Å². The van der Waals surface area contributed by atoms with E-state index in [4.69, 9.17) is 16.0 Å². The summed E-state index contributed by atoms with van der Waals surface area (Å²) < 4.78 is 34.4. The van der Waals surface area contributed by atoms with Gasteiger partial charge in [0.2, 0.25) is 0 Å². The molecule has 0 saturated carbocycles. The summed E-state index contributed by atoms with van der Waals surface area (Å²) in [5.41, 5.74) is 0. The van der Waals surface area contributed by atoms with Crippen molar-refractivity contribution in [2.75, 3.05) is 0 Å². The minimum absolute atomic E-state index is 0. The third-order valence-electron chi connectivity index (χ3n) is 0. The Morgan fingerprint density at radius 1 is 0.727 bits per heavy atom. The first-order valence-corrected chi connectivity index (χ1v) is 3.79. The first-order valence-electron chi connectivity index (χ1n) is 0.730. The molecule has 0 N–H and O–H groups in total. The Labute approximate surface area is 153 Å². The Bertz CT molecular complexity index is 66.7. The largest absolute Gasteiger partial charge is 1.00 e. The normalized spacial score (nSPS) is 5.36. The van der Waals surface area contributed by atoms with E-state index >= 15 is 0 Å². The average Bonchev–Trinajstić information content (AvgIpc) is 0.722. The van der Waals surface area contributed by atoms with Gasteiger partial charge in [-0.2, -0.15) is 0 Å². The van der Waals surface area contributed by atoms with Crippen LogP contribution in [-0.4, -0.2) is 83.7 Å². The van der Waals surface area contributed by atoms with Gasteiger partial charge in [0.25, 0.3) is 0 Å². The van der Waals surface area contributed by atoms with Crippen molar-refractivity contribution in [1.29, 1.82) is 0 Å². The molecule has 0 fully saturated rings. The van der Waals surface area contributed by atoms with E-state index in [-0.39, 0.29) is 126 Å². The first-order chi connectivity index (χ1) is 2.00. The van der Waals surface area contributed by atoms with Crippen LogP contribution in [0.2, 0.25) is 0 Å². The van der Waals surface area contributed by atoms with Crippen LogP contribution < -0.4 is 68.9 Å². The summed E-state index contributed by atoms with van der Waals surface area (Å²) in [6, 6.07) is 0. The van der Waals surface area contributed by atoms with Crippen LogP contribution in [0, 0.1) is 0 Å². The minimum Gasteiger partial charge on any atom is 0.316 e. The molecule has 0 amide bonds. The van der Waals surface area contributed by atoms with E-state index in [2.05, 4.69) is 0 Å². The van der Waals surface area contributed by atoms with Gasteiger partial charge in [0, 0.05) is 0 Å². The SMILES string of the molecule is O=[As]([O-])([O-])[O-].[Li+].[Li+].[Li+].[MgH2].[MgH2].[MgH2]. The van der Waals surface area contributed by atoms with Crippen LogP contribution in [-0.2, 0) is 3.74 Å². The molecule has 4 nitrogen and oxygen atoms in total. The molecular formula is H6AsLi3Mg3O4. The van der Waals surface area contributed by atoms with Crippen LogP contribution in [0.25, 0.3) is 0 Å². The Kier molecular flexibility index (Phi) is 98.4. The van der Waals surface area contributed by atoms with Gasteiger partial charge >= 0.3 is 156 Å². The number of rotatable bonds is 0. The first kappa shape index (κ1) is 45.4. The van der Waals surface area contributed by atoms with Crippen molar-refractivity contribution in [3.8, 4) is 0 Å². The summed E-state index contributed by atoms with van der Waals surface area (Å²) in [7, 11) is 0. The van der Waals surface area contributed by atoms with Gasteiger partial charge in [-0.15, -0.1) is 0 Å². The summed E-state index contributed by atoms with van der Waals surface area (Å²) in [6.07, 6.45) is 0. The summed E-state index contributed by atoms with van der Waals surface area (Å²) in [4.78, 5) is 0. The van der Waals surface area contributed by atoms with E-state index < -0.39 is 14.5 Å². The van der Waals surface area contributed by atoms with E-state index in [9.17, 15) is 0 Å². The summed E-state index contributed by atoms with van der Waals surface area (Å²) in [5, 5.41) is 0. The molecule has 0 radical (unpaired) electrons. The smallest absolute Gasteiger partial charge is 0.316 e. The molecule has 0 aromatic rings. The molecule has 0 aliphatic carbocycles. The van der Waals surface area contributed by atoms with E-state index in [1.54, 1.807) is 0 Å². The predicted molar refractivity (Wildman–Crippen MR) is 32.1 cm³/mol. The van der Waals surface area contributed by atoms with Crippen LogP contribution >= 0.6 is 0 Å². The summed E-state index contributed by atoms with van der Waals surface area (Å²) in [5.74, 6) is 0. The van der Waals surface area contributed by atoms with Crippen LogP contribution in [0.15, 0.2) is 0 Å². The molecule has 0 unspecified atom stereocenters. The molecule has 0 saturated heterocycles. The van der Waals surface area contributed by atoms with Gasteiger partial charge in [-0.25, -0.2) is 0 Å². The standard InChI is InChI=1S/AsH3O4.3Li.3Mg.6H/c2-1(3,4)5;;;;;;;;;;;;/h(H3,2,3,4,5);;;;;;;;;;;;/q;3*+1;;;;;;;;;/p-3. The van der Waals surface area contributed by atoms with Crippen LogP contribution in [0.3, 0.4) is 0 Å². The van der Waals surface area contributed by atoms with Crippen molar-refractivity contribution in [2.24, 2.45) is 0 Å². The third kappa shape index (κ3) is 116. The van der Waals surface area contributed by atoms with Crippen LogP contribution in [0.1, 0.15) is 0 Å². The molecule has 0 aliphatic heterocycles. The molecule has 11 heavy (non-hydrogen) atoms. The Hall–Kier alpha value is 4.33. The second kappa shape index (κ2) is 23.9. The summed E-state index contributed by atoms with van der Waals surface area (Å²) >= 11 is -5.88. The molecule has 0 aromatic heterocycles. The van der Waals surface area contributed by atoms with Crippen molar-refractivity contribution in [3.05, 3.63) is 0 Å². The maximum Gasteiger partial charge on any atom is 1.00 e. The van der Waals surface area contributed by atoms with Crippen molar-refractivity contribution in [1.82, 2.24) is 0 Å². The third-order valence-corrected chi connectivity index (χ3v) is 0. The molecule has 0 aromatic carbocycles. The fourth-order valence-electron chi connectivity index (χ4n) is 0. The van der Waals surface area contributed by atoms with Gasteiger partial charge in [-0.3, -0.25) is 0 Å². The molecule has 0 heterocycles. The van der Waals surface area contributed by atoms with Crippen LogP contribution in [0.5, 0.6) is 0 Å². The molecule has 11 heteroatoms. The number of hydrogen-bond acceptors (Lipinski definition) is 4. The van der Waals surface area contributed by atoms with Crippen LogP contribution in [0.4, 0.5) is 0 Å². The molecule has 0 atom stereocenters. The quantitative estimate of drug-likeness (QED) is 0.392. The molecule has 44 valence electrons. The Balaban J connectivity index is -0.00000000533. The topological polar surface area (TPSA) is 86.2 Å². The van der Waals surface area contributed by atoms with E-state index in [1.165, 1.54) is 0 Å². The van der Waals surface area contributed by atoms with Crippen molar-refractivity contribution < 1.29 is 72.6 Å². The van der Waals surface area contributed by atoms with Crippen molar-refractivity contribution in [3.63, 3.8) is 0 Å². The predicted octanol–water partition coefficient (Wildman–Crippen LogP) is -15.8. The number of hydrogen-bond donors (Lipinski definition) is 0. The molecular weight excluding hydrogens is 233 g/mol. The maximum atomic E-state index is 8.61. The minimum atomic E-state index is -5.88.